The first-order valence-corrected chi connectivity index (χ1v) is 8.19. The van der Waals surface area contributed by atoms with Crippen LogP contribution < -0.4 is 5.32 Å². The second-order valence-electron chi connectivity index (χ2n) is 5.52. The van der Waals surface area contributed by atoms with Gasteiger partial charge in [0.1, 0.15) is 5.69 Å². The van der Waals surface area contributed by atoms with E-state index in [0.717, 1.165) is 10.9 Å². The molecule has 6 heteroatoms. The molecule has 0 saturated heterocycles. The Bertz CT molecular complexity index is 919. The minimum Gasteiger partial charge on any atom is -0.464 e. The third-order valence-electron chi connectivity index (χ3n) is 3.90. The molecule has 0 aliphatic carbocycles. The zero-order valence-corrected chi connectivity index (χ0v) is 14.4. The molecule has 0 aliphatic heterocycles. The van der Waals surface area contributed by atoms with Gasteiger partial charge >= 0.3 is 5.97 Å². The highest BCUT2D eigenvalue weighted by atomic mass is 35.5. The van der Waals surface area contributed by atoms with E-state index in [1.807, 2.05) is 24.3 Å². The van der Waals surface area contributed by atoms with Gasteiger partial charge in [0.05, 0.1) is 12.8 Å². The van der Waals surface area contributed by atoms with Crippen molar-refractivity contribution in [2.75, 3.05) is 19.0 Å². The number of halogens is 1. The number of hydrogen-bond acceptors (Lipinski definition) is 4. The van der Waals surface area contributed by atoms with Crippen molar-refractivity contribution in [3.8, 4) is 0 Å². The van der Waals surface area contributed by atoms with Crippen LogP contribution in [-0.4, -0.2) is 30.4 Å². The fourth-order valence-electron chi connectivity index (χ4n) is 2.68. The van der Waals surface area contributed by atoms with Crippen LogP contribution in [0.3, 0.4) is 0 Å². The summed E-state index contributed by atoms with van der Waals surface area (Å²) < 4.78 is 4.82. The van der Waals surface area contributed by atoms with Crippen LogP contribution >= 0.6 is 11.6 Å². The van der Waals surface area contributed by atoms with Gasteiger partial charge in [-0.05, 0) is 18.2 Å². The first kappa shape index (κ1) is 17.0. The van der Waals surface area contributed by atoms with Crippen molar-refractivity contribution in [1.29, 1.82) is 0 Å². The van der Waals surface area contributed by atoms with Gasteiger partial charge in [0.2, 0.25) is 0 Å². The van der Waals surface area contributed by atoms with E-state index in [9.17, 15) is 9.59 Å². The first-order chi connectivity index (χ1) is 12.1. The van der Waals surface area contributed by atoms with Crippen LogP contribution in [0, 0.1) is 0 Å². The van der Waals surface area contributed by atoms with Crippen LogP contribution in [0.4, 0.5) is 5.69 Å². The average Bonchev–Trinajstić information content (AvgIpc) is 2.99. The predicted octanol–water partition coefficient (Wildman–Crippen LogP) is 4.29. The molecule has 0 saturated carbocycles. The van der Waals surface area contributed by atoms with Crippen molar-refractivity contribution in [1.82, 2.24) is 4.98 Å². The largest absolute Gasteiger partial charge is 0.464 e. The minimum absolute atomic E-state index is 0.0376. The predicted molar refractivity (Wildman–Crippen MR) is 98.5 cm³/mol. The number of H-pyrrole nitrogens is 1. The molecule has 0 atom stereocenters. The van der Waals surface area contributed by atoms with Crippen LogP contribution in [0.15, 0.2) is 48.5 Å². The van der Waals surface area contributed by atoms with E-state index in [0.29, 0.717) is 34.9 Å². The number of nitrogens with one attached hydrogen (secondary N) is 2. The molecule has 0 radical (unpaired) electrons. The Balaban J connectivity index is 1.80. The number of fused-ring (bicyclic) bond motifs is 1. The second-order valence-corrected chi connectivity index (χ2v) is 5.96. The SMILES string of the molecule is COC(=O)c1[nH]c2cc(Cl)ccc2c1NCCC(=O)c1ccccc1. The highest BCUT2D eigenvalue weighted by Gasteiger charge is 2.18. The number of hydrogen-bond donors (Lipinski definition) is 2. The van der Waals surface area contributed by atoms with Crippen molar-refractivity contribution in [3.05, 3.63) is 64.8 Å². The molecule has 2 N–H and O–H groups in total. The van der Waals surface area contributed by atoms with Gasteiger partial charge in [-0.3, -0.25) is 4.79 Å². The summed E-state index contributed by atoms with van der Waals surface area (Å²) in [6.45, 7) is 0.396. The molecular weight excluding hydrogens is 340 g/mol. The molecule has 2 aromatic carbocycles. The summed E-state index contributed by atoms with van der Waals surface area (Å²) in [5, 5.41) is 4.56. The zero-order chi connectivity index (χ0) is 17.8. The van der Waals surface area contributed by atoms with Crippen LogP contribution in [-0.2, 0) is 4.74 Å². The number of anilines is 1. The van der Waals surface area contributed by atoms with E-state index < -0.39 is 5.97 Å². The monoisotopic (exact) mass is 356 g/mol. The van der Waals surface area contributed by atoms with Crippen molar-refractivity contribution in [3.63, 3.8) is 0 Å². The number of benzene rings is 2. The van der Waals surface area contributed by atoms with Crippen molar-refractivity contribution in [2.24, 2.45) is 0 Å². The van der Waals surface area contributed by atoms with Gasteiger partial charge < -0.3 is 15.0 Å². The fourth-order valence-corrected chi connectivity index (χ4v) is 2.85. The Hall–Kier alpha value is -2.79. The Morgan fingerprint density at radius 2 is 1.92 bits per heavy atom. The summed E-state index contributed by atoms with van der Waals surface area (Å²) in [6.07, 6.45) is 0.310. The van der Waals surface area contributed by atoms with E-state index >= 15 is 0 Å². The van der Waals surface area contributed by atoms with E-state index in [1.54, 1.807) is 24.3 Å². The zero-order valence-electron chi connectivity index (χ0n) is 13.6. The normalized spacial score (nSPS) is 10.6. The highest BCUT2D eigenvalue weighted by Crippen LogP contribution is 2.30. The molecule has 3 rings (SSSR count). The minimum atomic E-state index is -0.482. The molecule has 3 aromatic rings. The topological polar surface area (TPSA) is 71.2 Å². The van der Waals surface area contributed by atoms with Crippen LogP contribution in [0.25, 0.3) is 10.9 Å². The maximum atomic E-state index is 12.2. The van der Waals surface area contributed by atoms with E-state index in [2.05, 4.69) is 10.3 Å². The summed E-state index contributed by atoms with van der Waals surface area (Å²) in [6, 6.07) is 14.4. The molecule has 0 amide bonds. The third-order valence-corrected chi connectivity index (χ3v) is 4.13. The van der Waals surface area contributed by atoms with E-state index in [1.165, 1.54) is 7.11 Å². The maximum Gasteiger partial charge on any atom is 0.356 e. The number of methoxy groups -OCH3 is 1. The van der Waals surface area contributed by atoms with Crippen LogP contribution in [0.5, 0.6) is 0 Å². The summed E-state index contributed by atoms with van der Waals surface area (Å²) in [7, 11) is 1.32. The molecule has 0 aliphatic rings. The highest BCUT2D eigenvalue weighted by molar-refractivity contribution is 6.31. The van der Waals surface area contributed by atoms with Crippen LogP contribution in [0.1, 0.15) is 27.3 Å². The molecule has 25 heavy (non-hydrogen) atoms. The van der Waals surface area contributed by atoms with Gasteiger partial charge in [-0.25, -0.2) is 4.79 Å². The lowest BCUT2D eigenvalue weighted by atomic mass is 10.1. The Labute approximate surface area is 149 Å². The lowest BCUT2D eigenvalue weighted by Gasteiger charge is -2.07. The summed E-state index contributed by atoms with van der Waals surface area (Å²) in [5.74, 6) is -0.445. The molecule has 128 valence electrons. The maximum absolute atomic E-state index is 12.2. The molecule has 1 heterocycles. The lowest BCUT2D eigenvalue weighted by Crippen LogP contribution is -2.12. The Morgan fingerprint density at radius 3 is 2.64 bits per heavy atom. The number of ether oxygens (including phenoxy) is 1. The lowest BCUT2D eigenvalue weighted by molar-refractivity contribution is 0.0596. The molecule has 0 bridgehead atoms. The molecular formula is C19H17ClN2O3. The van der Waals surface area contributed by atoms with Gasteiger partial charge in [0.15, 0.2) is 5.78 Å². The van der Waals surface area contributed by atoms with Crippen LogP contribution in [0.2, 0.25) is 5.02 Å². The average molecular weight is 357 g/mol. The number of carbonyl (C=O) groups is 2. The first-order valence-electron chi connectivity index (χ1n) is 7.82. The number of esters is 1. The van der Waals surface area contributed by atoms with Gasteiger partial charge in [0, 0.05) is 34.5 Å². The molecule has 0 fully saturated rings. The number of ketones is 1. The summed E-state index contributed by atoms with van der Waals surface area (Å²) in [5.41, 5.74) is 2.32. The van der Waals surface area contributed by atoms with Gasteiger partial charge in [-0.15, -0.1) is 0 Å². The van der Waals surface area contributed by atoms with E-state index in [-0.39, 0.29) is 5.78 Å². The standard InChI is InChI=1S/C19H17ClN2O3/c1-25-19(24)18-17(14-8-7-13(20)11-15(14)22-18)21-10-9-16(23)12-5-3-2-4-6-12/h2-8,11,21-22H,9-10H2,1H3. The number of aromatic amines is 1. The molecule has 0 unspecified atom stereocenters. The van der Waals surface area contributed by atoms with Crippen molar-refractivity contribution < 1.29 is 14.3 Å². The Morgan fingerprint density at radius 1 is 1.16 bits per heavy atom. The van der Waals surface area contributed by atoms with Crippen molar-refractivity contribution in [2.45, 2.75) is 6.42 Å². The van der Waals surface area contributed by atoms with Crippen molar-refractivity contribution >= 4 is 39.9 Å². The number of Topliss-reactive ketones (excluding diaryl/α,β-unsaturated/α-hetero) is 1. The quantitative estimate of drug-likeness (QED) is 0.510. The van der Waals surface area contributed by atoms with Gasteiger partial charge in [-0.1, -0.05) is 41.9 Å². The molecule has 0 spiro atoms. The number of rotatable bonds is 6. The van der Waals surface area contributed by atoms with Gasteiger partial charge in [-0.2, -0.15) is 0 Å². The van der Waals surface area contributed by atoms with Gasteiger partial charge in [0.25, 0.3) is 0 Å². The van der Waals surface area contributed by atoms with E-state index in [4.69, 9.17) is 16.3 Å². The fraction of sp³-hybridized carbons (Fsp3) is 0.158. The number of carbonyl (C=O) groups excluding carboxylic acids is 2. The Kier molecular flexibility index (Phi) is 5.05. The molecule has 1 aromatic heterocycles. The third kappa shape index (κ3) is 3.67. The smallest absolute Gasteiger partial charge is 0.356 e. The summed E-state index contributed by atoms with van der Waals surface area (Å²) in [4.78, 5) is 27.2. The second kappa shape index (κ2) is 7.40. The molecule has 5 nitrogen and oxygen atoms in total. The summed E-state index contributed by atoms with van der Waals surface area (Å²) >= 11 is 6.01. The number of aromatic nitrogens is 1.